The van der Waals surface area contributed by atoms with Gasteiger partial charge in [0.1, 0.15) is 5.75 Å². The first-order valence-corrected chi connectivity index (χ1v) is 7.04. The van der Waals surface area contributed by atoms with Gasteiger partial charge in [-0.15, -0.1) is 0 Å². The largest absolute Gasteiger partial charge is 0.497 e. The van der Waals surface area contributed by atoms with E-state index in [-0.39, 0.29) is 17.9 Å². The Balaban J connectivity index is 2.08. The van der Waals surface area contributed by atoms with E-state index in [1.165, 1.54) is 6.92 Å². The van der Waals surface area contributed by atoms with E-state index in [1.54, 1.807) is 12.0 Å². The highest BCUT2D eigenvalue weighted by Crippen LogP contribution is 2.31. The molecule has 1 amide bonds. The molecule has 114 valence electrons. The summed E-state index contributed by atoms with van der Waals surface area (Å²) in [6.45, 7) is 5.89. The first-order valence-electron chi connectivity index (χ1n) is 7.04. The maximum Gasteiger partial charge on any atom is 0.303 e. The van der Waals surface area contributed by atoms with E-state index in [0.717, 1.165) is 11.3 Å². The molecule has 1 aliphatic rings. The van der Waals surface area contributed by atoms with Gasteiger partial charge in [-0.1, -0.05) is 26.0 Å². The van der Waals surface area contributed by atoms with Crippen molar-refractivity contribution in [3.63, 3.8) is 0 Å². The highest BCUT2D eigenvalue weighted by atomic mass is 16.6. The Labute approximate surface area is 124 Å². The molecule has 1 saturated heterocycles. The molecule has 0 aliphatic carbocycles. The third-order valence-corrected chi connectivity index (χ3v) is 3.68. The number of methoxy groups -OCH3 is 1. The lowest BCUT2D eigenvalue weighted by atomic mass is 9.87. The minimum Gasteiger partial charge on any atom is -0.497 e. The smallest absolute Gasteiger partial charge is 0.303 e. The molecule has 0 aromatic heterocycles. The monoisotopic (exact) mass is 291 g/mol. The number of hydrogen-bond acceptors (Lipinski definition) is 4. The molecule has 5 heteroatoms. The number of rotatable bonds is 5. The van der Waals surface area contributed by atoms with Gasteiger partial charge in [-0.25, -0.2) is 0 Å². The van der Waals surface area contributed by atoms with Crippen molar-refractivity contribution in [1.29, 1.82) is 0 Å². The zero-order valence-corrected chi connectivity index (χ0v) is 12.8. The molecule has 2 rings (SSSR count). The van der Waals surface area contributed by atoms with Gasteiger partial charge >= 0.3 is 5.97 Å². The van der Waals surface area contributed by atoms with Gasteiger partial charge in [-0.3, -0.25) is 9.59 Å². The first-order chi connectivity index (χ1) is 9.93. The van der Waals surface area contributed by atoms with Gasteiger partial charge in [0.25, 0.3) is 5.91 Å². The van der Waals surface area contributed by atoms with Crippen molar-refractivity contribution in [2.24, 2.45) is 5.92 Å². The van der Waals surface area contributed by atoms with Crippen LogP contribution in [0.4, 0.5) is 0 Å². The van der Waals surface area contributed by atoms with Gasteiger partial charge in [-0.05, 0) is 23.6 Å². The lowest BCUT2D eigenvalue weighted by molar-refractivity contribution is -0.186. The van der Waals surface area contributed by atoms with E-state index in [1.807, 2.05) is 38.1 Å². The predicted molar refractivity (Wildman–Crippen MR) is 77.7 cm³/mol. The van der Waals surface area contributed by atoms with Crippen molar-refractivity contribution in [2.45, 2.75) is 39.5 Å². The standard InChI is InChI=1S/C16H21NO4/c1-10(2)14-15(21-11(3)18)16(19)17(14)9-12-5-7-13(20-4)8-6-12/h5-8,10,14-15H,9H2,1-4H3/t14-,15+/m1/s1. The van der Waals surface area contributed by atoms with Crippen LogP contribution in [0.2, 0.25) is 0 Å². The summed E-state index contributed by atoms with van der Waals surface area (Å²) in [5.41, 5.74) is 1.02. The fourth-order valence-electron chi connectivity index (χ4n) is 2.66. The quantitative estimate of drug-likeness (QED) is 0.615. The molecule has 21 heavy (non-hydrogen) atoms. The Bertz CT molecular complexity index is 524. The molecule has 0 radical (unpaired) electrons. The first kappa shape index (κ1) is 15.4. The lowest BCUT2D eigenvalue weighted by Gasteiger charge is -2.48. The SMILES string of the molecule is COc1ccc(CN2C(=O)[C@@H](OC(C)=O)[C@H]2C(C)C)cc1. The molecular weight excluding hydrogens is 270 g/mol. The minimum absolute atomic E-state index is 0.0662. The second kappa shape index (κ2) is 6.16. The number of ether oxygens (including phenoxy) is 2. The van der Waals surface area contributed by atoms with E-state index >= 15 is 0 Å². The van der Waals surface area contributed by atoms with Gasteiger partial charge in [0, 0.05) is 13.5 Å². The van der Waals surface area contributed by atoms with Crippen LogP contribution in [0.15, 0.2) is 24.3 Å². The fraction of sp³-hybridized carbons (Fsp3) is 0.500. The summed E-state index contributed by atoms with van der Waals surface area (Å²) in [4.78, 5) is 25.0. The normalized spacial score (nSPS) is 21.2. The molecule has 1 aromatic carbocycles. The fourth-order valence-corrected chi connectivity index (χ4v) is 2.66. The van der Waals surface area contributed by atoms with E-state index < -0.39 is 12.1 Å². The molecule has 1 aliphatic heterocycles. The number of likely N-dealkylation sites (tertiary alicyclic amines) is 1. The summed E-state index contributed by atoms with van der Waals surface area (Å²) in [7, 11) is 1.62. The number of carbonyl (C=O) groups is 2. The molecule has 0 bridgehead atoms. The summed E-state index contributed by atoms with van der Waals surface area (Å²) in [6.07, 6.45) is -0.638. The van der Waals surface area contributed by atoms with Gasteiger partial charge < -0.3 is 14.4 Å². The van der Waals surface area contributed by atoms with Gasteiger partial charge in [0.15, 0.2) is 0 Å². The molecule has 0 spiro atoms. The molecule has 1 fully saturated rings. The zero-order chi connectivity index (χ0) is 15.6. The number of β-lactam (4-membered cyclic amide) rings is 1. The second-order valence-corrected chi connectivity index (χ2v) is 5.58. The molecule has 5 nitrogen and oxygen atoms in total. The van der Waals surface area contributed by atoms with Crippen LogP contribution in [0, 0.1) is 5.92 Å². The van der Waals surface area contributed by atoms with Gasteiger partial charge in [-0.2, -0.15) is 0 Å². The van der Waals surface area contributed by atoms with E-state index in [9.17, 15) is 9.59 Å². The predicted octanol–water partition coefficient (Wildman–Crippen LogP) is 1.99. The van der Waals surface area contributed by atoms with Crippen LogP contribution in [-0.4, -0.2) is 36.0 Å². The van der Waals surface area contributed by atoms with Crippen molar-refractivity contribution in [3.8, 4) is 5.75 Å². The van der Waals surface area contributed by atoms with Crippen LogP contribution in [0.3, 0.4) is 0 Å². The Morgan fingerprint density at radius 2 is 1.90 bits per heavy atom. The molecule has 1 aromatic rings. The van der Waals surface area contributed by atoms with Crippen LogP contribution < -0.4 is 4.74 Å². The van der Waals surface area contributed by atoms with Crippen molar-refractivity contribution in [2.75, 3.05) is 7.11 Å². The van der Waals surface area contributed by atoms with Crippen molar-refractivity contribution in [1.82, 2.24) is 4.90 Å². The third kappa shape index (κ3) is 3.17. The zero-order valence-electron chi connectivity index (χ0n) is 12.8. The molecule has 0 unspecified atom stereocenters. The molecule has 0 N–H and O–H groups in total. The summed E-state index contributed by atoms with van der Waals surface area (Å²) in [6, 6.07) is 7.54. The van der Waals surface area contributed by atoms with Gasteiger partial charge in [0.2, 0.25) is 6.10 Å². The maximum atomic E-state index is 12.2. The van der Waals surface area contributed by atoms with Crippen LogP contribution in [0.5, 0.6) is 5.75 Å². The van der Waals surface area contributed by atoms with E-state index in [0.29, 0.717) is 6.54 Å². The highest BCUT2D eigenvalue weighted by molar-refractivity contribution is 5.90. The maximum absolute atomic E-state index is 12.2. The highest BCUT2D eigenvalue weighted by Gasteiger charge is 2.50. The summed E-state index contributed by atoms with van der Waals surface area (Å²) in [5.74, 6) is 0.472. The van der Waals surface area contributed by atoms with Crippen LogP contribution in [0.25, 0.3) is 0 Å². The average Bonchev–Trinajstić information content (AvgIpc) is 2.45. The Kier molecular flexibility index (Phi) is 4.50. The Morgan fingerprint density at radius 3 is 2.38 bits per heavy atom. The molecule has 2 atom stereocenters. The number of benzene rings is 1. The molecule has 0 saturated carbocycles. The lowest BCUT2D eigenvalue weighted by Crippen LogP contribution is -2.67. The van der Waals surface area contributed by atoms with E-state index in [4.69, 9.17) is 9.47 Å². The molecular formula is C16H21NO4. The summed E-state index contributed by atoms with van der Waals surface area (Å²) < 4.78 is 10.2. The number of esters is 1. The average molecular weight is 291 g/mol. The number of carbonyl (C=O) groups excluding carboxylic acids is 2. The van der Waals surface area contributed by atoms with Crippen LogP contribution in [0.1, 0.15) is 26.3 Å². The minimum atomic E-state index is -0.638. The number of hydrogen-bond donors (Lipinski definition) is 0. The Hall–Kier alpha value is -2.04. The molecule has 1 heterocycles. The van der Waals surface area contributed by atoms with Gasteiger partial charge in [0.05, 0.1) is 13.2 Å². The number of nitrogens with zero attached hydrogens (tertiary/aromatic N) is 1. The van der Waals surface area contributed by atoms with Crippen LogP contribution in [-0.2, 0) is 20.9 Å². The summed E-state index contributed by atoms with van der Waals surface area (Å²) >= 11 is 0. The topological polar surface area (TPSA) is 55.8 Å². The summed E-state index contributed by atoms with van der Waals surface area (Å²) in [5, 5.41) is 0. The number of amides is 1. The van der Waals surface area contributed by atoms with Crippen molar-refractivity contribution >= 4 is 11.9 Å². The Morgan fingerprint density at radius 1 is 1.29 bits per heavy atom. The van der Waals surface area contributed by atoms with E-state index in [2.05, 4.69) is 0 Å². The van der Waals surface area contributed by atoms with Crippen LogP contribution >= 0.6 is 0 Å². The third-order valence-electron chi connectivity index (χ3n) is 3.68. The van der Waals surface area contributed by atoms with Crippen molar-refractivity contribution < 1.29 is 19.1 Å². The second-order valence-electron chi connectivity index (χ2n) is 5.58. The van der Waals surface area contributed by atoms with Crippen molar-refractivity contribution in [3.05, 3.63) is 29.8 Å².